The summed E-state index contributed by atoms with van der Waals surface area (Å²) in [5.74, 6) is 1.74. The molecule has 5 aliphatic rings. The van der Waals surface area contributed by atoms with E-state index in [1.54, 1.807) is 27.9 Å². The van der Waals surface area contributed by atoms with Crippen LogP contribution in [0.25, 0.3) is 50.8 Å². The number of hydrogen-bond acceptors (Lipinski definition) is 9. The van der Waals surface area contributed by atoms with Gasteiger partial charge in [-0.25, -0.2) is 19.3 Å². The number of halogens is 1. The Labute approximate surface area is 471 Å². The molecule has 2 aliphatic carbocycles. The summed E-state index contributed by atoms with van der Waals surface area (Å²) >= 11 is 0. The molecule has 2 saturated carbocycles. The van der Waals surface area contributed by atoms with Crippen LogP contribution in [0.4, 0.5) is 21.5 Å². The van der Waals surface area contributed by atoms with E-state index in [9.17, 15) is 18.8 Å². The second-order valence-electron chi connectivity index (χ2n) is 23.6. The molecule has 0 bridgehead atoms. The van der Waals surface area contributed by atoms with E-state index in [0.717, 1.165) is 122 Å². The molecule has 6 aromatic heterocycles. The molecule has 3 aromatic carbocycles. The average Bonchev–Trinajstić information content (AvgIpc) is 4.36. The quantitative estimate of drug-likeness (QED) is 0.145. The number of amides is 3. The van der Waals surface area contributed by atoms with Crippen LogP contribution < -0.4 is 14.7 Å². The molecule has 3 amide bonds. The molecule has 14 rings (SSSR count). The Balaban J connectivity index is 0.000000121. The van der Waals surface area contributed by atoms with E-state index in [2.05, 4.69) is 66.0 Å². The van der Waals surface area contributed by atoms with Gasteiger partial charge in [0.05, 0.1) is 62.9 Å². The molecule has 0 N–H and O–H groups in total. The van der Waals surface area contributed by atoms with Crippen LogP contribution in [0.15, 0.2) is 135 Å². The molecule has 0 spiro atoms. The number of hydrogen-bond donors (Lipinski definition) is 0. The van der Waals surface area contributed by atoms with Crippen molar-refractivity contribution in [1.82, 2.24) is 43.6 Å². The number of likely N-dealkylation sites (N-methyl/N-ethyl adjacent to an activating group) is 1. The van der Waals surface area contributed by atoms with Crippen LogP contribution >= 0.6 is 0 Å². The fraction of sp³-hybridized carbons (Fsp3) is 0.308. The summed E-state index contributed by atoms with van der Waals surface area (Å²) in [5.41, 5.74) is 14.9. The number of fused-ring (bicyclic) bond motifs is 3. The van der Waals surface area contributed by atoms with Crippen molar-refractivity contribution in [2.75, 3.05) is 21.7 Å². The fourth-order valence-electron chi connectivity index (χ4n) is 11.8. The van der Waals surface area contributed by atoms with Crippen molar-refractivity contribution in [3.63, 3.8) is 0 Å². The maximum Gasteiger partial charge on any atom is 0.237 e. The van der Waals surface area contributed by atoms with Crippen molar-refractivity contribution in [3.05, 3.63) is 180 Å². The van der Waals surface area contributed by atoms with Crippen LogP contribution in [0.5, 0.6) is 0 Å². The Kier molecular flexibility index (Phi) is 12.6. The van der Waals surface area contributed by atoms with Gasteiger partial charge in [0, 0.05) is 102 Å². The predicted octanol–water partition coefficient (Wildman–Crippen LogP) is 12.0. The first-order valence-electron chi connectivity index (χ1n) is 27.6. The highest BCUT2D eigenvalue weighted by atomic mass is 19.1. The van der Waals surface area contributed by atoms with E-state index in [1.807, 2.05) is 164 Å². The third-order valence-electron chi connectivity index (χ3n) is 16.7. The Hall–Kier alpha value is -8.92. The zero-order chi connectivity index (χ0) is 57.0. The van der Waals surface area contributed by atoms with Crippen molar-refractivity contribution in [3.8, 4) is 50.8 Å². The maximum absolute atomic E-state index is 14.2. The zero-order valence-electron chi connectivity index (χ0n) is 47.7. The van der Waals surface area contributed by atoms with Gasteiger partial charge in [-0.2, -0.15) is 0 Å². The molecule has 9 heterocycles. The van der Waals surface area contributed by atoms with Crippen LogP contribution in [-0.2, 0) is 30.6 Å². The maximum atomic E-state index is 14.2. The van der Waals surface area contributed by atoms with E-state index >= 15 is 0 Å². The molecule has 0 atom stereocenters. The molecule has 15 nitrogen and oxygen atoms in total. The highest BCUT2D eigenvalue weighted by Crippen LogP contribution is 2.50. The van der Waals surface area contributed by atoms with Gasteiger partial charge in [-0.1, -0.05) is 36.4 Å². The van der Waals surface area contributed by atoms with Crippen molar-refractivity contribution < 1.29 is 18.8 Å². The predicted molar refractivity (Wildman–Crippen MR) is 313 cm³/mol. The number of aryl methyl sites for hydroxylation is 4. The van der Waals surface area contributed by atoms with Gasteiger partial charge < -0.3 is 28.4 Å². The standard InChI is InChI=1S/C23H24N4O.C22H21FN4O.C20H20N4O/c1-14-11-18(9-10-24-14)26-13-20(25-15(26)2)16-5-8-19-21(12-16)27(17-6-7-17)22(28)23(19,3)4;1-13-25-18(12-26(13)19-8-9-24-11-17(19)23)14-4-7-16-20(10-14)27(15-5-6-15)21(28)22(16,2)3;1-13-10-21-8-7-17(13)24-11-16(22-12-24)14-5-6-15-18(9-14)23(4)19(25)20(15,2)3/h5,8-13,17H,6-7H2,1-4H3;4,7-12,15H,5-6H2,1-3H3;5-12H,1-4H3. The number of imidazole rings is 3. The number of aromatic nitrogens is 9. The summed E-state index contributed by atoms with van der Waals surface area (Å²) in [6.07, 6.45) is 20.2. The number of carbonyl (C=O) groups excluding carboxylic acids is 3. The summed E-state index contributed by atoms with van der Waals surface area (Å²) in [5, 5.41) is 0. The van der Waals surface area contributed by atoms with Crippen molar-refractivity contribution in [1.29, 1.82) is 0 Å². The monoisotopic (exact) mass is 1080 g/mol. The topological polar surface area (TPSA) is 153 Å². The van der Waals surface area contributed by atoms with Crippen molar-refractivity contribution >= 4 is 34.8 Å². The highest BCUT2D eigenvalue weighted by molar-refractivity contribution is 6.10. The molecular weight excluding hydrogens is 1020 g/mol. The van der Waals surface area contributed by atoms with Gasteiger partial charge in [0.1, 0.15) is 11.6 Å². The Bertz CT molecular complexity index is 4030. The normalized spacial score (nSPS) is 17.1. The molecule has 0 radical (unpaired) electrons. The minimum absolute atomic E-state index is 0.123. The molecule has 0 unspecified atom stereocenters. The number of pyridine rings is 3. The molecule has 410 valence electrons. The van der Waals surface area contributed by atoms with E-state index in [-0.39, 0.29) is 17.7 Å². The van der Waals surface area contributed by atoms with Crippen molar-refractivity contribution in [2.24, 2.45) is 0 Å². The largest absolute Gasteiger partial charge is 0.314 e. The summed E-state index contributed by atoms with van der Waals surface area (Å²) < 4.78 is 20.0. The Morgan fingerprint density at radius 1 is 0.506 bits per heavy atom. The van der Waals surface area contributed by atoms with Gasteiger partial charge in [0.15, 0.2) is 5.82 Å². The van der Waals surface area contributed by atoms with Crippen LogP contribution in [0.3, 0.4) is 0 Å². The van der Waals surface area contributed by atoms with Gasteiger partial charge in [-0.3, -0.25) is 29.3 Å². The Morgan fingerprint density at radius 2 is 1.00 bits per heavy atom. The summed E-state index contributed by atoms with van der Waals surface area (Å²) in [4.78, 5) is 70.3. The van der Waals surface area contributed by atoms with Gasteiger partial charge in [-0.15, -0.1) is 0 Å². The van der Waals surface area contributed by atoms with E-state index in [1.165, 1.54) is 6.20 Å². The first-order chi connectivity index (χ1) is 38.6. The van der Waals surface area contributed by atoms with E-state index in [0.29, 0.717) is 23.6 Å². The van der Waals surface area contributed by atoms with Gasteiger partial charge >= 0.3 is 0 Å². The number of nitrogens with zero attached hydrogens (tertiary/aromatic N) is 12. The lowest BCUT2D eigenvalue weighted by molar-refractivity contribution is -0.122. The van der Waals surface area contributed by atoms with Gasteiger partial charge in [-0.05, 0) is 160 Å². The molecule has 3 aliphatic heterocycles. The molecule has 16 heteroatoms. The lowest BCUT2D eigenvalue weighted by Crippen LogP contribution is -2.37. The molecule has 81 heavy (non-hydrogen) atoms. The number of rotatable bonds is 8. The Morgan fingerprint density at radius 3 is 1.54 bits per heavy atom. The third kappa shape index (κ3) is 9.10. The highest BCUT2D eigenvalue weighted by Gasteiger charge is 2.50. The fourth-order valence-corrected chi connectivity index (χ4v) is 11.8. The van der Waals surface area contributed by atoms with E-state index < -0.39 is 22.1 Å². The summed E-state index contributed by atoms with van der Waals surface area (Å²) in [7, 11) is 1.83. The first kappa shape index (κ1) is 52.8. The zero-order valence-corrected chi connectivity index (χ0v) is 47.7. The van der Waals surface area contributed by atoms with E-state index in [4.69, 9.17) is 4.98 Å². The second-order valence-corrected chi connectivity index (χ2v) is 23.6. The molecule has 9 aromatic rings. The van der Waals surface area contributed by atoms with Gasteiger partial charge in [0.2, 0.25) is 17.7 Å². The van der Waals surface area contributed by atoms with Crippen molar-refractivity contribution in [2.45, 2.75) is 123 Å². The second kappa shape index (κ2) is 19.4. The summed E-state index contributed by atoms with van der Waals surface area (Å²) in [6.45, 7) is 19.8. The number of anilines is 3. The van der Waals surface area contributed by atoms with Crippen LogP contribution in [-0.4, -0.2) is 80.5 Å². The SMILES string of the molecule is Cc1cc(-n2cc(-c3ccc4c(c3)N(C3CC3)C(=O)C4(C)C)nc2C)ccn1.Cc1cnccc1-n1cnc(-c2ccc3c(c2)N(C)C(=O)C3(C)C)c1.Cc1nc(-c2ccc3c(c2)N(C2CC2)C(=O)C3(C)C)cn1-c1ccncc1F. The molecular formula is C65H65FN12O3. The number of carbonyl (C=O) groups is 3. The molecule has 2 fully saturated rings. The molecule has 0 saturated heterocycles. The average molecular weight is 1080 g/mol. The van der Waals surface area contributed by atoms with Gasteiger partial charge in [0.25, 0.3) is 0 Å². The summed E-state index contributed by atoms with van der Waals surface area (Å²) in [6, 6.07) is 26.9. The van der Waals surface area contributed by atoms with Crippen LogP contribution in [0, 0.1) is 33.5 Å². The third-order valence-corrected chi connectivity index (χ3v) is 16.7. The minimum Gasteiger partial charge on any atom is -0.314 e. The van der Waals surface area contributed by atoms with Crippen LogP contribution in [0.1, 0.15) is 107 Å². The lowest BCUT2D eigenvalue weighted by Gasteiger charge is -2.19. The number of benzene rings is 3. The lowest BCUT2D eigenvalue weighted by atomic mass is 9.85. The smallest absolute Gasteiger partial charge is 0.237 e. The first-order valence-corrected chi connectivity index (χ1v) is 27.6. The van der Waals surface area contributed by atoms with Crippen LogP contribution in [0.2, 0.25) is 0 Å². The minimum atomic E-state index is -0.508.